The Bertz CT molecular complexity index is 301. The summed E-state index contributed by atoms with van der Waals surface area (Å²) >= 11 is 0. The van der Waals surface area contributed by atoms with E-state index in [1.165, 1.54) is 13.8 Å². The fraction of sp³-hybridized carbons (Fsp3) is 0.667. The molecule has 0 amide bonds. The van der Waals surface area contributed by atoms with Crippen molar-refractivity contribution in [3.05, 3.63) is 11.1 Å². The number of rotatable bonds is 8. The fourth-order valence-electron chi connectivity index (χ4n) is 1.68. The van der Waals surface area contributed by atoms with Crippen molar-refractivity contribution >= 4 is 11.9 Å². The Morgan fingerprint density at radius 2 is 1.17 bits per heavy atom. The molecule has 0 fully saturated rings. The van der Waals surface area contributed by atoms with Crippen LogP contribution < -0.4 is 0 Å². The van der Waals surface area contributed by atoms with Crippen molar-refractivity contribution in [2.24, 2.45) is 0 Å². The SMILES string of the molecule is CCOC(C)/C(C(=O)O)=C(/C(=O)O)C(C)OCC. The second-order valence-corrected chi connectivity index (χ2v) is 3.63. The summed E-state index contributed by atoms with van der Waals surface area (Å²) in [5.74, 6) is -2.61. The van der Waals surface area contributed by atoms with E-state index < -0.39 is 24.1 Å². The molecule has 0 radical (unpaired) electrons. The van der Waals surface area contributed by atoms with Gasteiger partial charge in [-0.05, 0) is 27.7 Å². The molecule has 0 aromatic heterocycles. The molecule has 104 valence electrons. The Balaban J connectivity index is 5.57. The summed E-state index contributed by atoms with van der Waals surface area (Å²) < 4.78 is 10.3. The lowest BCUT2D eigenvalue weighted by molar-refractivity contribution is -0.138. The first-order chi connectivity index (χ1) is 8.36. The van der Waals surface area contributed by atoms with Crippen LogP contribution in [0.4, 0.5) is 0 Å². The van der Waals surface area contributed by atoms with Crippen LogP contribution in [-0.4, -0.2) is 47.6 Å². The molecule has 0 heterocycles. The van der Waals surface area contributed by atoms with E-state index in [4.69, 9.17) is 19.7 Å². The second-order valence-electron chi connectivity index (χ2n) is 3.63. The molecule has 2 atom stereocenters. The molecule has 6 nitrogen and oxygen atoms in total. The van der Waals surface area contributed by atoms with Crippen molar-refractivity contribution in [1.29, 1.82) is 0 Å². The van der Waals surface area contributed by atoms with Gasteiger partial charge in [0.25, 0.3) is 0 Å². The highest BCUT2D eigenvalue weighted by Gasteiger charge is 2.29. The predicted molar refractivity (Wildman–Crippen MR) is 64.5 cm³/mol. The summed E-state index contributed by atoms with van der Waals surface area (Å²) in [6.07, 6.45) is -1.61. The van der Waals surface area contributed by atoms with Gasteiger partial charge in [0.1, 0.15) is 0 Å². The summed E-state index contributed by atoms with van der Waals surface area (Å²) in [6, 6.07) is 0. The molecule has 18 heavy (non-hydrogen) atoms. The second kappa shape index (κ2) is 7.84. The lowest BCUT2D eigenvalue weighted by Crippen LogP contribution is -2.29. The lowest BCUT2D eigenvalue weighted by Gasteiger charge is -2.19. The summed E-state index contributed by atoms with van der Waals surface area (Å²) in [4.78, 5) is 22.4. The Kier molecular flexibility index (Phi) is 7.23. The Labute approximate surface area is 106 Å². The van der Waals surface area contributed by atoms with Gasteiger partial charge in [-0.2, -0.15) is 0 Å². The number of carboxylic acids is 2. The van der Waals surface area contributed by atoms with E-state index in [0.29, 0.717) is 13.2 Å². The average molecular weight is 260 g/mol. The van der Waals surface area contributed by atoms with Crippen molar-refractivity contribution in [2.75, 3.05) is 13.2 Å². The maximum absolute atomic E-state index is 11.2. The Morgan fingerprint density at radius 3 is 1.33 bits per heavy atom. The molecule has 0 aromatic carbocycles. The zero-order valence-corrected chi connectivity index (χ0v) is 11.1. The predicted octanol–water partition coefficient (Wildman–Crippen LogP) is 1.30. The van der Waals surface area contributed by atoms with Gasteiger partial charge >= 0.3 is 11.9 Å². The zero-order chi connectivity index (χ0) is 14.3. The van der Waals surface area contributed by atoms with Gasteiger partial charge in [-0.1, -0.05) is 0 Å². The van der Waals surface area contributed by atoms with Crippen LogP contribution in [0.2, 0.25) is 0 Å². The van der Waals surface area contributed by atoms with Crippen LogP contribution in [-0.2, 0) is 19.1 Å². The van der Waals surface area contributed by atoms with Crippen molar-refractivity contribution in [2.45, 2.75) is 39.9 Å². The molecule has 0 aliphatic heterocycles. The van der Waals surface area contributed by atoms with Crippen LogP contribution in [0, 0.1) is 0 Å². The van der Waals surface area contributed by atoms with Crippen molar-refractivity contribution in [3.8, 4) is 0 Å². The fourth-order valence-corrected chi connectivity index (χ4v) is 1.68. The number of carbonyl (C=O) groups is 2. The van der Waals surface area contributed by atoms with E-state index in [1.54, 1.807) is 13.8 Å². The molecule has 2 unspecified atom stereocenters. The van der Waals surface area contributed by atoms with Gasteiger partial charge in [-0.25, -0.2) is 9.59 Å². The van der Waals surface area contributed by atoms with Crippen molar-refractivity contribution < 1.29 is 29.3 Å². The van der Waals surface area contributed by atoms with Crippen LogP contribution >= 0.6 is 0 Å². The first kappa shape index (κ1) is 16.6. The third kappa shape index (κ3) is 4.46. The summed E-state index contributed by atoms with van der Waals surface area (Å²) in [5.41, 5.74) is -0.546. The lowest BCUT2D eigenvalue weighted by atomic mass is 9.99. The first-order valence-electron chi connectivity index (χ1n) is 5.80. The van der Waals surface area contributed by atoms with Crippen LogP contribution in [0.5, 0.6) is 0 Å². The smallest absolute Gasteiger partial charge is 0.334 e. The molecule has 0 aliphatic rings. The van der Waals surface area contributed by atoms with Gasteiger partial charge in [0.2, 0.25) is 0 Å². The molecule has 0 saturated heterocycles. The van der Waals surface area contributed by atoms with E-state index in [9.17, 15) is 9.59 Å². The van der Waals surface area contributed by atoms with Crippen LogP contribution in [0.25, 0.3) is 0 Å². The summed E-state index contributed by atoms with van der Waals surface area (Å²) in [5, 5.41) is 18.3. The number of ether oxygens (including phenoxy) is 2. The Morgan fingerprint density at radius 1 is 0.889 bits per heavy atom. The normalized spacial score (nSPS) is 15.8. The summed E-state index contributed by atoms with van der Waals surface area (Å²) in [6.45, 7) is 7.04. The highest BCUT2D eigenvalue weighted by atomic mass is 16.5. The third-order valence-corrected chi connectivity index (χ3v) is 2.40. The number of hydrogen-bond acceptors (Lipinski definition) is 4. The zero-order valence-electron chi connectivity index (χ0n) is 11.1. The van der Waals surface area contributed by atoms with E-state index >= 15 is 0 Å². The number of hydrogen-bond donors (Lipinski definition) is 2. The topological polar surface area (TPSA) is 93.1 Å². The standard InChI is InChI=1S/C12H20O6/c1-5-17-7(3)9(11(13)14)10(12(15)16)8(4)18-6-2/h7-8H,5-6H2,1-4H3,(H,13,14)(H,15,16)/b10-9-. The van der Waals surface area contributed by atoms with Gasteiger partial charge in [0.15, 0.2) is 0 Å². The molecule has 6 heteroatoms. The van der Waals surface area contributed by atoms with E-state index in [1.807, 2.05) is 0 Å². The molecule has 0 bridgehead atoms. The Hall–Kier alpha value is -1.40. The van der Waals surface area contributed by atoms with E-state index in [2.05, 4.69) is 0 Å². The average Bonchev–Trinajstić information content (AvgIpc) is 2.24. The minimum absolute atomic E-state index is 0.273. The number of carboxylic acid groups (broad SMARTS) is 2. The quantitative estimate of drug-likeness (QED) is 0.639. The molecule has 2 N–H and O–H groups in total. The number of aliphatic carboxylic acids is 2. The monoisotopic (exact) mass is 260 g/mol. The van der Waals surface area contributed by atoms with E-state index in [0.717, 1.165) is 0 Å². The molecule has 0 rings (SSSR count). The molecular weight excluding hydrogens is 240 g/mol. The highest BCUT2D eigenvalue weighted by molar-refractivity contribution is 6.00. The summed E-state index contributed by atoms with van der Waals surface area (Å²) in [7, 11) is 0. The molecule has 0 saturated carbocycles. The van der Waals surface area contributed by atoms with Crippen molar-refractivity contribution in [3.63, 3.8) is 0 Å². The van der Waals surface area contributed by atoms with Gasteiger partial charge in [-0.3, -0.25) is 0 Å². The maximum atomic E-state index is 11.2. The molecule has 0 aliphatic carbocycles. The maximum Gasteiger partial charge on any atom is 0.334 e. The van der Waals surface area contributed by atoms with Gasteiger partial charge in [0, 0.05) is 13.2 Å². The minimum atomic E-state index is -1.31. The molecule has 0 aromatic rings. The highest BCUT2D eigenvalue weighted by Crippen LogP contribution is 2.18. The minimum Gasteiger partial charge on any atom is -0.478 e. The largest absolute Gasteiger partial charge is 0.478 e. The van der Waals surface area contributed by atoms with Crippen molar-refractivity contribution in [1.82, 2.24) is 0 Å². The van der Waals surface area contributed by atoms with Gasteiger partial charge in [0.05, 0.1) is 23.4 Å². The van der Waals surface area contributed by atoms with Gasteiger partial charge in [-0.15, -0.1) is 0 Å². The molecule has 0 spiro atoms. The van der Waals surface area contributed by atoms with Crippen LogP contribution in [0.1, 0.15) is 27.7 Å². The first-order valence-corrected chi connectivity index (χ1v) is 5.80. The van der Waals surface area contributed by atoms with Crippen LogP contribution in [0.3, 0.4) is 0 Å². The van der Waals surface area contributed by atoms with Crippen LogP contribution in [0.15, 0.2) is 11.1 Å². The van der Waals surface area contributed by atoms with E-state index in [-0.39, 0.29) is 11.1 Å². The third-order valence-electron chi connectivity index (χ3n) is 2.40. The van der Waals surface area contributed by atoms with Gasteiger partial charge < -0.3 is 19.7 Å². The molecular formula is C12H20O6.